The van der Waals surface area contributed by atoms with Gasteiger partial charge in [0.2, 0.25) is 5.91 Å². The Balaban J connectivity index is 1.66. The lowest BCUT2D eigenvalue weighted by atomic mass is 10.0. The van der Waals surface area contributed by atoms with Crippen molar-refractivity contribution in [1.82, 2.24) is 14.9 Å². The zero-order valence-corrected chi connectivity index (χ0v) is 15.9. The molecule has 0 aliphatic rings. The lowest BCUT2D eigenvalue weighted by Crippen LogP contribution is -2.32. The normalized spacial score (nSPS) is 11.9. The maximum Gasteiger partial charge on any atom is 0.249 e. The third-order valence-electron chi connectivity index (χ3n) is 4.66. The van der Waals surface area contributed by atoms with Crippen LogP contribution in [0, 0.1) is 0 Å². The van der Waals surface area contributed by atoms with Gasteiger partial charge in [0.05, 0.1) is 11.0 Å². The number of carbonyl (C=O) groups is 1. The van der Waals surface area contributed by atoms with Gasteiger partial charge in [-0.2, -0.15) is 0 Å². The number of H-pyrrole nitrogens is 1. The summed E-state index contributed by atoms with van der Waals surface area (Å²) >= 11 is 0. The van der Waals surface area contributed by atoms with Crippen molar-refractivity contribution < 1.29 is 4.79 Å². The van der Waals surface area contributed by atoms with Gasteiger partial charge < -0.3 is 15.2 Å². The summed E-state index contributed by atoms with van der Waals surface area (Å²) in [5, 5.41) is 3.39. The lowest BCUT2D eigenvalue weighted by Gasteiger charge is -2.23. The summed E-state index contributed by atoms with van der Waals surface area (Å²) in [5.74, 6) is 0.806. The van der Waals surface area contributed by atoms with E-state index in [2.05, 4.69) is 15.3 Å². The first-order valence-corrected chi connectivity index (χ1v) is 9.19. The molecular formula is C23H22N4O. The number of likely N-dealkylation sites (N-methyl/N-ethyl adjacent to an activating group) is 1. The fraction of sp³-hybridized carbons (Fsp3) is 0.130. The van der Waals surface area contributed by atoms with Gasteiger partial charge >= 0.3 is 0 Å². The Kier molecular flexibility index (Phi) is 4.81. The molecule has 140 valence electrons. The number of hydrogen-bond acceptors (Lipinski definition) is 3. The van der Waals surface area contributed by atoms with Gasteiger partial charge in [-0.3, -0.25) is 4.79 Å². The molecule has 28 heavy (non-hydrogen) atoms. The highest BCUT2D eigenvalue weighted by molar-refractivity contribution is 5.86. The second kappa shape index (κ2) is 7.56. The molecule has 4 aromatic rings. The number of nitrogens with one attached hydrogen (secondary N) is 2. The quantitative estimate of drug-likeness (QED) is 0.545. The molecule has 0 saturated carbocycles. The van der Waals surface area contributed by atoms with Crippen molar-refractivity contribution in [3.8, 4) is 11.4 Å². The van der Waals surface area contributed by atoms with Gasteiger partial charge in [0.1, 0.15) is 11.9 Å². The van der Waals surface area contributed by atoms with Crippen molar-refractivity contribution in [1.29, 1.82) is 0 Å². The Hall–Kier alpha value is -3.60. The molecule has 0 aliphatic heterocycles. The number of carbonyl (C=O) groups excluding carboxylic acids is 1. The molecular weight excluding hydrogens is 348 g/mol. The highest BCUT2D eigenvalue weighted by atomic mass is 16.2. The average Bonchev–Trinajstić information content (AvgIpc) is 3.17. The summed E-state index contributed by atoms with van der Waals surface area (Å²) < 4.78 is 0. The number of anilines is 1. The van der Waals surface area contributed by atoms with E-state index in [4.69, 9.17) is 0 Å². The molecule has 5 nitrogen and oxygen atoms in total. The van der Waals surface area contributed by atoms with Gasteiger partial charge in [-0.15, -0.1) is 0 Å². The molecule has 0 saturated heterocycles. The Morgan fingerprint density at radius 1 is 0.964 bits per heavy atom. The van der Waals surface area contributed by atoms with Crippen molar-refractivity contribution in [2.45, 2.75) is 6.04 Å². The minimum absolute atomic E-state index is 0.000315. The fourth-order valence-electron chi connectivity index (χ4n) is 3.20. The first-order valence-electron chi connectivity index (χ1n) is 9.19. The molecule has 4 rings (SSSR count). The zero-order valence-electron chi connectivity index (χ0n) is 15.9. The number of hydrogen-bond donors (Lipinski definition) is 2. The van der Waals surface area contributed by atoms with E-state index in [1.165, 1.54) is 0 Å². The standard InChI is InChI=1S/C23H22N4O/c1-27(2)23(28)21(16-9-4-3-5-10-16)24-18-12-8-11-17(15-18)22-25-19-13-6-7-14-20(19)26-22/h3-15,21,24H,1-2H3,(H,25,26)/t21-/m1/s1. The summed E-state index contributed by atoms with van der Waals surface area (Å²) in [5.41, 5.74) is 4.68. The van der Waals surface area contributed by atoms with Crippen LogP contribution in [0.4, 0.5) is 5.69 Å². The van der Waals surface area contributed by atoms with E-state index in [9.17, 15) is 4.79 Å². The first-order chi connectivity index (χ1) is 13.6. The third kappa shape index (κ3) is 3.60. The Morgan fingerprint density at radius 3 is 2.46 bits per heavy atom. The number of imidazole rings is 1. The molecule has 1 aromatic heterocycles. The van der Waals surface area contributed by atoms with E-state index in [1.807, 2.05) is 78.9 Å². The Labute approximate surface area is 164 Å². The van der Waals surface area contributed by atoms with Gasteiger partial charge in [0.15, 0.2) is 0 Å². The molecule has 1 amide bonds. The number of aromatic amines is 1. The second-order valence-corrected chi connectivity index (χ2v) is 6.90. The predicted octanol–water partition coefficient (Wildman–Crippen LogP) is 4.47. The van der Waals surface area contributed by atoms with Gasteiger partial charge in [-0.05, 0) is 29.8 Å². The summed E-state index contributed by atoms with van der Waals surface area (Å²) in [7, 11) is 3.54. The number of nitrogens with zero attached hydrogens (tertiary/aromatic N) is 2. The van der Waals surface area contributed by atoms with Crippen molar-refractivity contribution in [2.24, 2.45) is 0 Å². The van der Waals surface area contributed by atoms with Crippen LogP contribution in [0.25, 0.3) is 22.4 Å². The van der Waals surface area contributed by atoms with Crippen LogP contribution in [0.3, 0.4) is 0 Å². The molecule has 2 N–H and O–H groups in total. The summed E-state index contributed by atoms with van der Waals surface area (Å²) in [6, 6.07) is 25.2. The van der Waals surface area contributed by atoms with Crippen LogP contribution in [0.1, 0.15) is 11.6 Å². The molecule has 5 heteroatoms. The largest absolute Gasteiger partial charge is 0.370 e. The van der Waals surface area contributed by atoms with Gasteiger partial charge in [0, 0.05) is 25.3 Å². The fourth-order valence-corrected chi connectivity index (χ4v) is 3.20. The van der Waals surface area contributed by atoms with E-state index in [1.54, 1.807) is 19.0 Å². The minimum Gasteiger partial charge on any atom is -0.370 e. The zero-order chi connectivity index (χ0) is 19.5. The SMILES string of the molecule is CN(C)C(=O)[C@H](Nc1cccc(-c2nc3ccccc3[nH]2)c1)c1ccccc1. The van der Waals surface area contributed by atoms with Crippen LogP contribution in [0.5, 0.6) is 0 Å². The van der Waals surface area contributed by atoms with Crippen LogP contribution in [0.2, 0.25) is 0 Å². The molecule has 0 aliphatic carbocycles. The van der Waals surface area contributed by atoms with E-state index < -0.39 is 6.04 Å². The van der Waals surface area contributed by atoms with E-state index in [-0.39, 0.29) is 5.91 Å². The number of aromatic nitrogens is 2. The topological polar surface area (TPSA) is 61.0 Å². The molecule has 3 aromatic carbocycles. The summed E-state index contributed by atoms with van der Waals surface area (Å²) in [6.07, 6.45) is 0. The van der Waals surface area contributed by atoms with Crippen LogP contribution < -0.4 is 5.32 Å². The van der Waals surface area contributed by atoms with E-state index in [0.717, 1.165) is 33.7 Å². The number of fused-ring (bicyclic) bond motifs is 1. The maximum absolute atomic E-state index is 12.8. The summed E-state index contributed by atoms with van der Waals surface area (Å²) in [6.45, 7) is 0. The molecule has 0 bridgehead atoms. The van der Waals surface area contributed by atoms with Crippen LogP contribution >= 0.6 is 0 Å². The van der Waals surface area contributed by atoms with E-state index in [0.29, 0.717) is 0 Å². The van der Waals surface area contributed by atoms with Crippen molar-refractivity contribution in [3.63, 3.8) is 0 Å². The maximum atomic E-state index is 12.8. The average molecular weight is 370 g/mol. The monoisotopic (exact) mass is 370 g/mol. The number of amides is 1. The number of rotatable bonds is 5. The van der Waals surface area contributed by atoms with Gasteiger partial charge in [0.25, 0.3) is 0 Å². The highest BCUT2D eigenvalue weighted by Gasteiger charge is 2.22. The van der Waals surface area contributed by atoms with Crippen LogP contribution in [-0.2, 0) is 4.79 Å². The number of benzene rings is 3. The third-order valence-corrected chi connectivity index (χ3v) is 4.66. The molecule has 0 radical (unpaired) electrons. The van der Waals surface area contributed by atoms with Gasteiger partial charge in [-0.25, -0.2) is 4.98 Å². The van der Waals surface area contributed by atoms with Crippen molar-refractivity contribution in [3.05, 3.63) is 84.4 Å². The second-order valence-electron chi connectivity index (χ2n) is 6.90. The molecule has 0 unspecified atom stereocenters. The minimum atomic E-state index is -0.456. The van der Waals surface area contributed by atoms with Crippen LogP contribution in [-0.4, -0.2) is 34.9 Å². The highest BCUT2D eigenvalue weighted by Crippen LogP contribution is 2.26. The Bertz CT molecular complexity index is 1070. The van der Waals surface area contributed by atoms with E-state index >= 15 is 0 Å². The first kappa shape index (κ1) is 17.8. The van der Waals surface area contributed by atoms with Crippen LogP contribution in [0.15, 0.2) is 78.9 Å². The number of para-hydroxylation sites is 2. The molecule has 0 spiro atoms. The molecule has 0 fully saturated rings. The van der Waals surface area contributed by atoms with Gasteiger partial charge in [-0.1, -0.05) is 54.6 Å². The predicted molar refractivity (Wildman–Crippen MR) is 113 cm³/mol. The molecule has 1 heterocycles. The van der Waals surface area contributed by atoms with Crippen molar-refractivity contribution >= 4 is 22.6 Å². The van der Waals surface area contributed by atoms with Crippen molar-refractivity contribution in [2.75, 3.05) is 19.4 Å². The lowest BCUT2D eigenvalue weighted by molar-refractivity contribution is -0.129. The summed E-state index contributed by atoms with van der Waals surface area (Å²) in [4.78, 5) is 22.4. The molecule has 1 atom stereocenters. The Morgan fingerprint density at radius 2 is 1.71 bits per heavy atom. The smallest absolute Gasteiger partial charge is 0.249 e.